The van der Waals surface area contributed by atoms with Crippen LogP contribution < -0.4 is 4.90 Å². The van der Waals surface area contributed by atoms with Crippen LogP contribution in [0.4, 0.5) is 5.69 Å². The monoisotopic (exact) mass is 461 g/mol. The fraction of sp³-hybridized carbons (Fsp3) is 0.680. The Morgan fingerprint density at radius 1 is 1.06 bits per heavy atom. The summed E-state index contributed by atoms with van der Waals surface area (Å²) in [5, 5.41) is 1.14. The molecule has 170 valence electrons. The molecule has 1 amide bonds. The van der Waals surface area contributed by atoms with E-state index in [4.69, 9.17) is 4.99 Å². The first kappa shape index (κ1) is 23.0. The van der Waals surface area contributed by atoms with E-state index in [1.54, 1.807) is 6.92 Å². The molecule has 4 bridgehead atoms. The van der Waals surface area contributed by atoms with E-state index in [1.165, 1.54) is 37.7 Å². The zero-order chi connectivity index (χ0) is 21.0. The molecule has 5 fully saturated rings. The van der Waals surface area contributed by atoms with Crippen molar-refractivity contribution in [2.24, 2.45) is 28.7 Å². The molecule has 0 N–H and O–H groups in total. The molecule has 6 heteroatoms. The van der Waals surface area contributed by atoms with Crippen LogP contribution in [0.15, 0.2) is 29.3 Å². The summed E-state index contributed by atoms with van der Waals surface area (Å²) in [5.74, 6) is 5.03. The molecule has 6 rings (SSSR count). The number of benzene rings is 1. The van der Waals surface area contributed by atoms with Crippen molar-refractivity contribution in [3.63, 3.8) is 0 Å². The maximum Gasteiger partial charge on any atom is 0.225 e. The zero-order valence-electron chi connectivity index (χ0n) is 19.2. The molecule has 1 unspecified atom stereocenters. The standard InChI is InChI=1S/C25H35N3OS.ClH/c1-15(2)19-5-7-22(8-6-19)28(16(3)29)23-14-30-25(27(23)4)26-24-20-10-17-9-18(12-20)13-21(24)11-17;/h5-8,15,17-18,20-21,23-24H,9-14H2,1-4H3;1H. The van der Waals surface area contributed by atoms with Gasteiger partial charge in [-0.1, -0.05) is 37.7 Å². The SMILES string of the molecule is CC(=O)N(c1ccc(C(C)C)cc1)C1CSC(=NC2C3CC4CC(C3)CC2C4)N1C.Cl. The van der Waals surface area contributed by atoms with E-state index in [0.29, 0.717) is 12.0 Å². The van der Waals surface area contributed by atoms with Gasteiger partial charge in [0.1, 0.15) is 6.17 Å². The number of halogens is 1. The van der Waals surface area contributed by atoms with Gasteiger partial charge in [-0.3, -0.25) is 14.7 Å². The van der Waals surface area contributed by atoms with Crippen LogP contribution in [0.25, 0.3) is 0 Å². The van der Waals surface area contributed by atoms with Crippen molar-refractivity contribution in [1.82, 2.24) is 4.90 Å². The Kier molecular flexibility index (Phi) is 6.65. The summed E-state index contributed by atoms with van der Waals surface area (Å²) < 4.78 is 0. The van der Waals surface area contributed by atoms with Crippen LogP contribution in [-0.4, -0.2) is 41.0 Å². The third-order valence-electron chi connectivity index (χ3n) is 8.02. The summed E-state index contributed by atoms with van der Waals surface area (Å²) in [4.78, 5) is 22.2. The third kappa shape index (κ3) is 4.25. The number of rotatable bonds is 4. The Labute approximate surface area is 197 Å². The number of anilines is 1. The average molecular weight is 462 g/mol. The summed E-state index contributed by atoms with van der Waals surface area (Å²) in [6, 6.07) is 9.02. The lowest BCUT2D eigenvalue weighted by Gasteiger charge is -2.53. The molecule has 1 atom stereocenters. The topological polar surface area (TPSA) is 35.9 Å². The van der Waals surface area contributed by atoms with Crippen LogP contribution in [0.3, 0.4) is 0 Å². The van der Waals surface area contributed by atoms with Gasteiger partial charge in [-0.25, -0.2) is 0 Å². The van der Waals surface area contributed by atoms with Crippen molar-refractivity contribution in [2.75, 3.05) is 17.7 Å². The Morgan fingerprint density at radius 3 is 2.16 bits per heavy atom. The minimum atomic E-state index is 0. The van der Waals surface area contributed by atoms with Crippen molar-refractivity contribution < 1.29 is 4.79 Å². The number of nitrogens with zero attached hydrogens (tertiary/aromatic N) is 3. The number of carbonyl (C=O) groups excluding carboxylic acids is 1. The molecule has 1 saturated heterocycles. The zero-order valence-corrected chi connectivity index (χ0v) is 20.8. The van der Waals surface area contributed by atoms with Gasteiger partial charge in [0, 0.05) is 25.4 Å². The Balaban J connectivity index is 0.00000231. The second-order valence-corrected chi connectivity index (χ2v) is 11.4. The molecule has 0 aromatic heterocycles. The number of hydrogen-bond acceptors (Lipinski definition) is 3. The largest absolute Gasteiger partial charge is 0.333 e. The van der Waals surface area contributed by atoms with Crippen LogP contribution in [0.2, 0.25) is 0 Å². The molecular formula is C25H36ClN3OS. The third-order valence-corrected chi connectivity index (χ3v) is 9.14. The molecule has 1 heterocycles. The minimum absolute atomic E-state index is 0. The first-order valence-corrected chi connectivity index (χ1v) is 12.7. The molecule has 0 radical (unpaired) electrons. The molecule has 4 saturated carbocycles. The van der Waals surface area contributed by atoms with Gasteiger partial charge in [0.15, 0.2) is 5.17 Å². The van der Waals surface area contributed by atoms with Crippen molar-refractivity contribution >= 4 is 40.9 Å². The predicted molar refractivity (Wildman–Crippen MR) is 133 cm³/mol. The lowest BCUT2D eigenvalue weighted by molar-refractivity contribution is -0.117. The summed E-state index contributed by atoms with van der Waals surface area (Å²) in [5.41, 5.74) is 2.29. The van der Waals surface area contributed by atoms with E-state index >= 15 is 0 Å². The van der Waals surface area contributed by atoms with Crippen molar-refractivity contribution in [1.29, 1.82) is 0 Å². The number of amidine groups is 1. The summed E-state index contributed by atoms with van der Waals surface area (Å²) in [6.07, 6.45) is 7.10. The van der Waals surface area contributed by atoms with Gasteiger partial charge in [-0.2, -0.15) is 0 Å². The summed E-state index contributed by atoms with van der Waals surface area (Å²) >= 11 is 1.83. The lowest BCUT2D eigenvalue weighted by atomic mass is 9.54. The Morgan fingerprint density at radius 2 is 1.65 bits per heavy atom. The molecule has 0 spiro atoms. The number of aliphatic imine (C=N–C) groups is 1. The smallest absolute Gasteiger partial charge is 0.225 e. The van der Waals surface area contributed by atoms with E-state index in [9.17, 15) is 4.79 Å². The summed E-state index contributed by atoms with van der Waals surface area (Å²) in [7, 11) is 2.12. The fourth-order valence-corrected chi connectivity index (χ4v) is 7.88. The molecule has 1 aromatic rings. The molecule has 4 nitrogen and oxygen atoms in total. The molecule has 5 aliphatic rings. The van der Waals surface area contributed by atoms with Crippen LogP contribution in [0.1, 0.15) is 64.4 Å². The van der Waals surface area contributed by atoms with E-state index < -0.39 is 0 Å². The van der Waals surface area contributed by atoms with Crippen LogP contribution in [0.5, 0.6) is 0 Å². The van der Waals surface area contributed by atoms with Crippen LogP contribution in [0, 0.1) is 23.7 Å². The van der Waals surface area contributed by atoms with Gasteiger partial charge < -0.3 is 4.90 Å². The second kappa shape index (κ2) is 8.97. The van der Waals surface area contributed by atoms with Gasteiger partial charge in [-0.15, -0.1) is 12.4 Å². The highest BCUT2D eigenvalue weighted by atomic mass is 35.5. The number of carbonyl (C=O) groups is 1. The van der Waals surface area contributed by atoms with E-state index in [-0.39, 0.29) is 24.5 Å². The Hall–Kier alpha value is -1.20. The van der Waals surface area contributed by atoms with Gasteiger partial charge >= 0.3 is 0 Å². The first-order valence-electron chi connectivity index (χ1n) is 11.7. The van der Waals surface area contributed by atoms with Crippen LogP contribution in [-0.2, 0) is 4.79 Å². The van der Waals surface area contributed by atoms with E-state index in [2.05, 4.69) is 50.1 Å². The highest BCUT2D eigenvalue weighted by Crippen LogP contribution is 2.55. The first-order chi connectivity index (χ1) is 14.4. The summed E-state index contributed by atoms with van der Waals surface area (Å²) in [6.45, 7) is 6.08. The van der Waals surface area contributed by atoms with Gasteiger partial charge in [-0.05, 0) is 79.4 Å². The second-order valence-electron chi connectivity index (χ2n) is 10.4. The predicted octanol–water partition coefficient (Wildman–Crippen LogP) is 5.77. The lowest BCUT2D eigenvalue weighted by Crippen LogP contribution is -2.50. The fourth-order valence-electron chi connectivity index (χ4n) is 6.68. The van der Waals surface area contributed by atoms with E-state index in [1.807, 2.05) is 16.7 Å². The molecule has 1 aliphatic heterocycles. The minimum Gasteiger partial charge on any atom is -0.333 e. The molecule has 31 heavy (non-hydrogen) atoms. The molecule has 4 aliphatic carbocycles. The number of amides is 1. The van der Waals surface area contributed by atoms with Crippen molar-refractivity contribution in [3.8, 4) is 0 Å². The van der Waals surface area contributed by atoms with Crippen molar-refractivity contribution in [2.45, 2.75) is 71.0 Å². The van der Waals surface area contributed by atoms with Crippen LogP contribution >= 0.6 is 24.2 Å². The molecular weight excluding hydrogens is 426 g/mol. The number of hydrogen-bond donors (Lipinski definition) is 0. The Bertz CT molecular complexity index is 812. The highest BCUT2D eigenvalue weighted by Gasteiger charge is 2.49. The number of thioether (sulfide) groups is 1. The van der Waals surface area contributed by atoms with Crippen molar-refractivity contribution in [3.05, 3.63) is 29.8 Å². The normalized spacial score (nSPS) is 35.0. The van der Waals surface area contributed by atoms with Gasteiger partial charge in [0.25, 0.3) is 0 Å². The highest BCUT2D eigenvalue weighted by molar-refractivity contribution is 8.14. The van der Waals surface area contributed by atoms with E-state index in [0.717, 1.165) is 40.3 Å². The maximum atomic E-state index is 12.6. The maximum absolute atomic E-state index is 12.6. The van der Waals surface area contributed by atoms with Gasteiger partial charge in [0.2, 0.25) is 5.91 Å². The quantitative estimate of drug-likeness (QED) is 0.571. The average Bonchev–Trinajstić information content (AvgIpc) is 3.04. The van der Waals surface area contributed by atoms with Gasteiger partial charge in [0.05, 0.1) is 6.04 Å². The molecule has 1 aromatic carbocycles.